The molecular formula is C12H10O3S. The van der Waals surface area contributed by atoms with Gasteiger partial charge in [0.1, 0.15) is 0 Å². The number of rotatable bonds is 2. The molecule has 0 aromatic heterocycles. The average Bonchev–Trinajstić information content (AvgIpc) is 2.29. The molecule has 0 spiro atoms. The van der Waals surface area contributed by atoms with Gasteiger partial charge in [-0.3, -0.25) is 0 Å². The number of phenols is 2. The second-order valence-corrected chi connectivity index (χ2v) is 4.62. The quantitative estimate of drug-likeness (QED) is 0.783. The van der Waals surface area contributed by atoms with Crippen molar-refractivity contribution in [3.05, 3.63) is 48.5 Å². The molecule has 16 heavy (non-hydrogen) atoms. The SMILES string of the molecule is [O-][S+](c1ccccc1O)c1ccccc1O. The summed E-state index contributed by atoms with van der Waals surface area (Å²) < 4.78 is 12.1. The van der Waals surface area contributed by atoms with Gasteiger partial charge in [0.25, 0.3) is 0 Å². The van der Waals surface area contributed by atoms with E-state index in [0.717, 1.165) is 0 Å². The first kappa shape index (κ1) is 10.9. The Hall–Kier alpha value is -1.65. The maximum absolute atomic E-state index is 12.1. The van der Waals surface area contributed by atoms with Gasteiger partial charge in [0.2, 0.25) is 0 Å². The lowest BCUT2D eigenvalue weighted by Gasteiger charge is -2.11. The molecule has 3 nitrogen and oxygen atoms in total. The number of hydrogen-bond donors (Lipinski definition) is 2. The third kappa shape index (κ3) is 1.98. The standard InChI is InChI=1S/C12H10O3S/c13-9-5-1-3-7-11(9)16(15)12-8-4-2-6-10(12)14/h1-8,13-14H. The molecule has 4 heteroatoms. The minimum Gasteiger partial charge on any atom is -0.606 e. The molecule has 2 N–H and O–H groups in total. The fourth-order valence-electron chi connectivity index (χ4n) is 1.35. The van der Waals surface area contributed by atoms with Crippen molar-refractivity contribution < 1.29 is 14.8 Å². The molecule has 0 fully saturated rings. The number of para-hydroxylation sites is 2. The summed E-state index contributed by atoms with van der Waals surface area (Å²) in [6.45, 7) is 0. The van der Waals surface area contributed by atoms with Gasteiger partial charge in [0.15, 0.2) is 21.3 Å². The van der Waals surface area contributed by atoms with Crippen LogP contribution in [0.4, 0.5) is 0 Å². The lowest BCUT2D eigenvalue weighted by molar-refractivity contribution is 0.452. The molecule has 0 radical (unpaired) electrons. The smallest absolute Gasteiger partial charge is 0.200 e. The third-order valence-electron chi connectivity index (χ3n) is 2.13. The van der Waals surface area contributed by atoms with Gasteiger partial charge in [-0.25, -0.2) is 0 Å². The van der Waals surface area contributed by atoms with Crippen LogP contribution in [0.25, 0.3) is 0 Å². The van der Waals surface area contributed by atoms with E-state index < -0.39 is 11.2 Å². The molecule has 0 unspecified atom stereocenters. The third-order valence-corrected chi connectivity index (χ3v) is 3.62. The van der Waals surface area contributed by atoms with Gasteiger partial charge in [-0.1, -0.05) is 24.3 Å². The van der Waals surface area contributed by atoms with Crippen LogP contribution in [0.1, 0.15) is 0 Å². The maximum atomic E-state index is 12.1. The summed E-state index contributed by atoms with van der Waals surface area (Å²) in [5.74, 6) is -0.0758. The van der Waals surface area contributed by atoms with E-state index in [1.54, 1.807) is 36.4 Å². The summed E-state index contributed by atoms with van der Waals surface area (Å²) >= 11 is -1.57. The minimum atomic E-state index is -1.57. The molecule has 0 aliphatic rings. The molecule has 0 saturated heterocycles. The topological polar surface area (TPSA) is 63.5 Å². The first-order valence-electron chi connectivity index (χ1n) is 4.68. The Morgan fingerprint density at radius 3 is 1.50 bits per heavy atom. The molecular weight excluding hydrogens is 224 g/mol. The van der Waals surface area contributed by atoms with E-state index in [1.807, 2.05) is 0 Å². The zero-order valence-electron chi connectivity index (χ0n) is 8.33. The molecule has 2 aromatic carbocycles. The highest BCUT2D eigenvalue weighted by Gasteiger charge is 2.21. The van der Waals surface area contributed by atoms with Crippen LogP contribution in [0.15, 0.2) is 58.3 Å². The summed E-state index contributed by atoms with van der Waals surface area (Å²) in [6, 6.07) is 12.7. The Balaban J connectivity index is 2.44. The molecule has 0 saturated carbocycles. The molecule has 0 aliphatic heterocycles. The van der Waals surface area contributed by atoms with Crippen molar-refractivity contribution >= 4 is 11.2 Å². The van der Waals surface area contributed by atoms with Crippen LogP contribution in [0.5, 0.6) is 11.5 Å². The second-order valence-electron chi connectivity index (χ2n) is 3.20. The molecule has 2 rings (SSSR count). The highest BCUT2D eigenvalue weighted by atomic mass is 32.2. The van der Waals surface area contributed by atoms with Gasteiger partial charge < -0.3 is 14.8 Å². The van der Waals surface area contributed by atoms with Crippen LogP contribution in [0.3, 0.4) is 0 Å². The van der Waals surface area contributed by atoms with Gasteiger partial charge in [0.05, 0.1) is 0 Å². The van der Waals surface area contributed by atoms with Crippen molar-refractivity contribution in [2.75, 3.05) is 0 Å². The van der Waals surface area contributed by atoms with Gasteiger partial charge in [-0.2, -0.15) is 0 Å². The van der Waals surface area contributed by atoms with Crippen molar-refractivity contribution in [2.24, 2.45) is 0 Å². The number of phenolic OH excluding ortho intramolecular Hbond substituents is 2. The monoisotopic (exact) mass is 234 g/mol. The number of aromatic hydroxyl groups is 2. The van der Waals surface area contributed by atoms with E-state index in [-0.39, 0.29) is 11.5 Å². The van der Waals surface area contributed by atoms with E-state index in [1.165, 1.54) is 12.1 Å². The Morgan fingerprint density at radius 1 is 0.750 bits per heavy atom. The van der Waals surface area contributed by atoms with Crippen molar-refractivity contribution in [3.63, 3.8) is 0 Å². The Kier molecular flexibility index (Phi) is 3.03. The normalized spacial score (nSPS) is 10.6. The van der Waals surface area contributed by atoms with Crippen molar-refractivity contribution in [2.45, 2.75) is 9.79 Å². The summed E-state index contributed by atoms with van der Waals surface area (Å²) in [5, 5.41) is 19.1. The maximum Gasteiger partial charge on any atom is 0.200 e. The van der Waals surface area contributed by atoms with Gasteiger partial charge in [-0.05, 0) is 24.3 Å². The summed E-state index contributed by atoms with van der Waals surface area (Å²) in [7, 11) is 0. The molecule has 82 valence electrons. The Morgan fingerprint density at radius 2 is 1.12 bits per heavy atom. The molecule has 0 bridgehead atoms. The summed E-state index contributed by atoms with van der Waals surface area (Å²) in [5.41, 5.74) is 0. The molecule has 0 aliphatic carbocycles. The zero-order valence-corrected chi connectivity index (χ0v) is 9.15. The Labute approximate surface area is 96.2 Å². The van der Waals surface area contributed by atoms with Crippen molar-refractivity contribution in [3.8, 4) is 11.5 Å². The van der Waals surface area contributed by atoms with E-state index in [2.05, 4.69) is 0 Å². The first-order chi connectivity index (χ1) is 7.70. The zero-order chi connectivity index (χ0) is 11.5. The fraction of sp³-hybridized carbons (Fsp3) is 0. The summed E-state index contributed by atoms with van der Waals surface area (Å²) in [4.78, 5) is 0.591. The largest absolute Gasteiger partial charge is 0.606 e. The van der Waals surface area contributed by atoms with Crippen molar-refractivity contribution in [1.82, 2.24) is 0 Å². The fourth-order valence-corrected chi connectivity index (χ4v) is 2.50. The van der Waals surface area contributed by atoms with Crippen LogP contribution < -0.4 is 0 Å². The molecule has 2 aromatic rings. The lowest BCUT2D eigenvalue weighted by Crippen LogP contribution is -2.02. The van der Waals surface area contributed by atoms with Crippen LogP contribution in [-0.4, -0.2) is 14.8 Å². The predicted octanol–water partition coefficient (Wildman–Crippen LogP) is 2.26. The van der Waals surface area contributed by atoms with E-state index in [0.29, 0.717) is 9.79 Å². The minimum absolute atomic E-state index is 0.0379. The van der Waals surface area contributed by atoms with E-state index in [4.69, 9.17) is 0 Å². The highest BCUT2D eigenvalue weighted by Crippen LogP contribution is 2.32. The second kappa shape index (κ2) is 4.47. The van der Waals surface area contributed by atoms with Gasteiger partial charge in [-0.15, -0.1) is 0 Å². The van der Waals surface area contributed by atoms with Gasteiger partial charge >= 0.3 is 0 Å². The number of benzene rings is 2. The number of hydrogen-bond acceptors (Lipinski definition) is 3. The van der Waals surface area contributed by atoms with Crippen LogP contribution in [-0.2, 0) is 11.2 Å². The van der Waals surface area contributed by atoms with E-state index in [9.17, 15) is 14.8 Å². The lowest BCUT2D eigenvalue weighted by atomic mass is 10.3. The average molecular weight is 234 g/mol. The molecule has 0 atom stereocenters. The van der Waals surface area contributed by atoms with E-state index >= 15 is 0 Å². The van der Waals surface area contributed by atoms with Crippen molar-refractivity contribution in [1.29, 1.82) is 0 Å². The Bertz CT molecular complexity index is 454. The van der Waals surface area contributed by atoms with Crippen LogP contribution in [0, 0.1) is 0 Å². The predicted molar refractivity (Wildman–Crippen MR) is 60.9 cm³/mol. The molecule has 0 amide bonds. The molecule has 0 heterocycles. The highest BCUT2D eigenvalue weighted by molar-refractivity contribution is 7.91. The van der Waals surface area contributed by atoms with Crippen LogP contribution >= 0.6 is 0 Å². The summed E-state index contributed by atoms with van der Waals surface area (Å²) in [6.07, 6.45) is 0. The first-order valence-corrected chi connectivity index (χ1v) is 5.83. The van der Waals surface area contributed by atoms with Crippen LogP contribution in [0.2, 0.25) is 0 Å². The van der Waals surface area contributed by atoms with Gasteiger partial charge in [0, 0.05) is 11.2 Å².